The summed E-state index contributed by atoms with van der Waals surface area (Å²) in [7, 11) is 1.48. The molecule has 156 valence electrons. The van der Waals surface area contributed by atoms with Crippen molar-refractivity contribution in [2.24, 2.45) is 0 Å². The van der Waals surface area contributed by atoms with E-state index in [9.17, 15) is 14.0 Å². The van der Waals surface area contributed by atoms with Gasteiger partial charge in [0.2, 0.25) is 11.8 Å². The van der Waals surface area contributed by atoms with E-state index in [-0.39, 0.29) is 24.2 Å². The van der Waals surface area contributed by atoms with E-state index in [1.54, 1.807) is 12.1 Å². The number of carbonyl (C=O) groups is 2. The maximum atomic E-state index is 13.1. The summed E-state index contributed by atoms with van der Waals surface area (Å²) in [6, 6.07) is 13.3. The minimum Gasteiger partial charge on any atom is -0.493 e. The van der Waals surface area contributed by atoms with Crippen LogP contribution in [0.2, 0.25) is 0 Å². The van der Waals surface area contributed by atoms with Crippen LogP contribution in [-0.2, 0) is 27.3 Å². The Morgan fingerprint density at radius 3 is 2.48 bits per heavy atom. The van der Waals surface area contributed by atoms with E-state index in [2.05, 4.69) is 10.6 Å². The topological polar surface area (TPSA) is 76.7 Å². The van der Waals surface area contributed by atoms with E-state index < -0.39 is 6.04 Å². The fraction of sp³-hybridized carbons (Fsp3) is 0.364. The van der Waals surface area contributed by atoms with Gasteiger partial charge in [0.15, 0.2) is 0 Å². The second kappa shape index (κ2) is 11.8. The van der Waals surface area contributed by atoms with Crippen molar-refractivity contribution in [3.63, 3.8) is 0 Å². The Bertz CT molecular complexity index is 796. The van der Waals surface area contributed by atoms with Crippen molar-refractivity contribution >= 4 is 11.8 Å². The summed E-state index contributed by atoms with van der Waals surface area (Å²) in [4.78, 5) is 23.4. The number of halogens is 1. The average molecular weight is 402 g/mol. The Balaban J connectivity index is 1.73. The summed E-state index contributed by atoms with van der Waals surface area (Å²) in [6.07, 6.45) is 1.64. The predicted octanol–water partition coefficient (Wildman–Crippen LogP) is 2.60. The van der Waals surface area contributed by atoms with Gasteiger partial charge in [-0.05, 0) is 36.1 Å². The van der Waals surface area contributed by atoms with Gasteiger partial charge in [-0.15, -0.1) is 0 Å². The molecule has 7 heteroatoms. The van der Waals surface area contributed by atoms with E-state index in [0.717, 1.165) is 24.0 Å². The van der Waals surface area contributed by atoms with Gasteiger partial charge in [-0.3, -0.25) is 9.59 Å². The van der Waals surface area contributed by atoms with Crippen molar-refractivity contribution in [1.82, 2.24) is 10.6 Å². The Morgan fingerprint density at radius 1 is 1.10 bits per heavy atom. The standard InChI is InChI=1S/C22H27FN2O4/c1-16(26)25-21(15-28-2)22(27)24-14-18-10-8-17(9-11-18)5-4-12-29-20-7-3-6-19(23)13-20/h3,6-11,13,21H,4-5,12,14-15H2,1-2H3,(H,24,27)(H,25,26). The number of benzene rings is 2. The number of methoxy groups -OCH3 is 1. The van der Waals surface area contributed by atoms with Gasteiger partial charge >= 0.3 is 0 Å². The van der Waals surface area contributed by atoms with E-state index >= 15 is 0 Å². The molecule has 0 aliphatic rings. The highest BCUT2D eigenvalue weighted by Crippen LogP contribution is 2.13. The number of amides is 2. The van der Waals surface area contributed by atoms with Crippen molar-refractivity contribution in [3.8, 4) is 5.75 Å². The van der Waals surface area contributed by atoms with Crippen LogP contribution in [0, 0.1) is 5.82 Å². The third kappa shape index (κ3) is 8.31. The molecule has 2 aromatic carbocycles. The Labute approximate surface area is 170 Å². The predicted molar refractivity (Wildman–Crippen MR) is 108 cm³/mol. The zero-order valence-corrected chi connectivity index (χ0v) is 16.7. The Morgan fingerprint density at radius 2 is 1.83 bits per heavy atom. The number of hydrogen-bond donors (Lipinski definition) is 2. The fourth-order valence-corrected chi connectivity index (χ4v) is 2.75. The Kier molecular flexibility index (Phi) is 9.11. The fourth-order valence-electron chi connectivity index (χ4n) is 2.75. The Hall–Kier alpha value is -2.93. The zero-order chi connectivity index (χ0) is 21.1. The van der Waals surface area contributed by atoms with Gasteiger partial charge in [0.1, 0.15) is 17.6 Å². The molecule has 6 nitrogen and oxygen atoms in total. The van der Waals surface area contributed by atoms with Gasteiger partial charge < -0.3 is 20.1 Å². The van der Waals surface area contributed by atoms with Crippen LogP contribution >= 0.6 is 0 Å². The van der Waals surface area contributed by atoms with Crippen LogP contribution in [0.4, 0.5) is 4.39 Å². The molecule has 2 rings (SSSR count). The molecule has 1 unspecified atom stereocenters. The summed E-state index contributed by atoms with van der Waals surface area (Å²) in [5.74, 6) is -0.355. The van der Waals surface area contributed by atoms with Crippen molar-refractivity contribution in [1.29, 1.82) is 0 Å². The molecular weight excluding hydrogens is 375 g/mol. The molecule has 0 heterocycles. The molecule has 1 atom stereocenters. The van der Waals surface area contributed by atoms with Crippen LogP contribution in [0.3, 0.4) is 0 Å². The van der Waals surface area contributed by atoms with Gasteiger partial charge in [0, 0.05) is 26.6 Å². The molecular formula is C22H27FN2O4. The normalized spacial score (nSPS) is 11.6. The van der Waals surface area contributed by atoms with Crippen molar-refractivity contribution in [2.45, 2.75) is 32.4 Å². The number of rotatable bonds is 11. The highest BCUT2D eigenvalue weighted by Gasteiger charge is 2.18. The van der Waals surface area contributed by atoms with Gasteiger partial charge in [0.05, 0.1) is 13.2 Å². The molecule has 29 heavy (non-hydrogen) atoms. The summed E-state index contributed by atoms with van der Waals surface area (Å²) >= 11 is 0. The second-order valence-electron chi connectivity index (χ2n) is 6.65. The number of nitrogens with one attached hydrogen (secondary N) is 2. The molecule has 0 aliphatic heterocycles. The van der Waals surface area contributed by atoms with E-state index in [1.165, 1.54) is 26.2 Å². The molecule has 0 aromatic heterocycles. The van der Waals surface area contributed by atoms with Crippen molar-refractivity contribution in [2.75, 3.05) is 20.3 Å². The van der Waals surface area contributed by atoms with Crippen LogP contribution in [0.25, 0.3) is 0 Å². The van der Waals surface area contributed by atoms with Crippen molar-refractivity contribution in [3.05, 3.63) is 65.5 Å². The van der Waals surface area contributed by atoms with E-state index in [1.807, 2.05) is 24.3 Å². The summed E-state index contributed by atoms with van der Waals surface area (Å²) in [5, 5.41) is 5.36. The van der Waals surface area contributed by atoms with Crippen LogP contribution in [0.1, 0.15) is 24.5 Å². The van der Waals surface area contributed by atoms with Crippen LogP contribution in [0.15, 0.2) is 48.5 Å². The third-order valence-electron chi connectivity index (χ3n) is 4.19. The van der Waals surface area contributed by atoms with Gasteiger partial charge in [0.25, 0.3) is 0 Å². The first-order valence-electron chi connectivity index (χ1n) is 9.48. The summed E-state index contributed by atoms with van der Waals surface area (Å²) in [5.41, 5.74) is 2.11. The average Bonchev–Trinajstić information content (AvgIpc) is 2.70. The largest absolute Gasteiger partial charge is 0.493 e. The van der Waals surface area contributed by atoms with Crippen LogP contribution < -0.4 is 15.4 Å². The number of aryl methyl sites for hydroxylation is 1. The molecule has 0 saturated heterocycles. The van der Waals surface area contributed by atoms with Gasteiger partial charge in [-0.2, -0.15) is 0 Å². The van der Waals surface area contributed by atoms with Crippen molar-refractivity contribution < 1.29 is 23.5 Å². The SMILES string of the molecule is COCC(NC(C)=O)C(=O)NCc1ccc(CCCOc2cccc(F)c2)cc1. The molecule has 0 aliphatic carbocycles. The van der Waals surface area contributed by atoms with E-state index in [4.69, 9.17) is 9.47 Å². The first kappa shape index (κ1) is 22.4. The minimum atomic E-state index is -0.713. The molecule has 0 spiro atoms. The van der Waals surface area contributed by atoms with Gasteiger partial charge in [-0.1, -0.05) is 30.3 Å². The summed E-state index contributed by atoms with van der Waals surface area (Å²) in [6.45, 7) is 2.34. The third-order valence-corrected chi connectivity index (χ3v) is 4.19. The second-order valence-corrected chi connectivity index (χ2v) is 6.65. The molecule has 0 bridgehead atoms. The number of ether oxygens (including phenoxy) is 2. The highest BCUT2D eigenvalue weighted by molar-refractivity contribution is 5.86. The zero-order valence-electron chi connectivity index (χ0n) is 16.7. The van der Waals surface area contributed by atoms with Gasteiger partial charge in [-0.25, -0.2) is 4.39 Å². The molecule has 2 amide bonds. The monoisotopic (exact) mass is 402 g/mol. The molecule has 2 aromatic rings. The van der Waals surface area contributed by atoms with E-state index in [0.29, 0.717) is 18.9 Å². The molecule has 0 radical (unpaired) electrons. The van der Waals surface area contributed by atoms with Crippen LogP contribution in [0.5, 0.6) is 5.75 Å². The lowest BCUT2D eigenvalue weighted by Crippen LogP contribution is -2.48. The summed E-state index contributed by atoms with van der Waals surface area (Å²) < 4.78 is 23.6. The first-order chi connectivity index (χ1) is 14.0. The lowest BCUT2D eigenvalue weighted by Gasteiger charge is -2.16. The number of carbonyl (C=O) groups excluding carboxylic acids is 2. The molecule has 2 N–H and O–H groups in total. The molecule has 0 fully saturated rings. The quantitative estimate of drug-likeness (QED) is 0.567. The molecule has 0 saturated carbocycles. The maximum Gasteiger partial charge on any atom is 0.245 e. The lowest BCUT2D eigenvalue weighted by molar-refractivity contribution is -0.129. The highest BCUT2D eigenvalue weighted by atomic mass is 19.1. The van der Waals surface area contributed by atoms with Crippen LogP contribution in [-0.4, -0.2) is 38.2 Å². The maximum absolute atomic E-state index is 13.1. The minimum absolute atomic E-state index is 0.113. The lowest BCUT2D eigenvalue weighted by atomic mass is 10.1. The first-order valence-corrected chi connectivity index (χ1v) is 9.48. The number of hydrogen-bond acceptors (Lipinski definition) is 4. The smallest absolute Gasteiger partial charge is 0.245 e.